The minimum absolute atomic E-state index is 0.0773. The molecule has 0 radical (unpaired) electrons. The number of fused-ring (bicyclic) bond motifs is 2. The van der Waals surface area contributed by atoms with Crippen molar-refractivity contribution in [2.75, 3.05) is 20.7 Å². The van der Waals surface area contributed by atoms with Crippen molar-refractivity contribution in [3.05, 3.63) is 29.3 Å². The summed E-state index contributed by atoms with van der Waals surface area (Å²) in [6, 6.07) is 5.00. The zero-order valence-electron chi connectivity index (χ0n) is 27.0. The van der Waals surface area contributed by atoms with Gasteiger partial charge in [0.1, 0.15) is 11.8 Å². The van der Waals surface area contributed by atoms with E-state index >= 15 is 0 Å². The Labute approximate surface area is 257 Å². The topological polar surface area (TPSA) is 146 Å². The second-order valence-corrected chi connectivity index (χ2v) is 13.7. The van der Waals surface area contributed by atoms with Crippen LogP contribution >= 0.6 is 0 Å². The summed E-state index contributed by atoms with van der Waals surface area (Å²) in [4.78, 5) is 32.7. The van der Waals surface area contributed by atoms with E-state index in [0.29, 0.717) is 35.3 Å². The quantitative estimate of drug-likeness (QED) is 0.231. The lowest BCUT2D eigenvalue weighted by Crippen LogP contribution is -2.62. The molecule has 2 unspecified atom stereocenters. The van der Waals surface area contributed by atoms with Crippen molar-refractivity contribution in [3.63, 3.8) is 0 Å². The molecule has 3 saturated carbocycles. The Balaban J connectivity index is 1.57. The summed E-state index contributed by atoms with van der Waals surface area (Å²) >= 11 is 0. The predicted octanol–water partition coefficient (Wildman–Crippen LogP) is 2.39. The number of amides is 2. The first kappa shape index (κ1) is 33.6. The van der Waals surface area contributed by atoms with E-state index in [9.17, 15) is 19.8 Å². The lowest BCUT2D eigenvalue weighted by atomic mass is 9.45. The number of aliphatic hydroxyl groups is 2. The molecule has 6 N–H and O–H groups in total. The number of carbonyl (C=O) groups is 2. The highest BCUT2D eigenvalue weighted by atomic mass is 16.7. The molecule has 1 saturated heterocycles. The maximum atomic E-state index is 14.0. The highest BCUT2D eigenvalue weighted by Crippen LogP contribution is 2.61. The fourth-order valence-electron chi connectivity index (χ4n) is 8.24. The maximum Gasteiger partial charge on any atom is 0.240 e. The third-order valence-corrected chi connectivity index (χ3v) is 10.9. The number of rotatable bonds is 13. The molecule has 4 fully saturated rings. The molecule has 1 aromatic carbocycles. The van der Waals surface area contributed by atoms with Gasteiger partial charge in [-0.05, 0) is 54.9 Å². The van der Waals surface area contributed by atoms with E-state index in [1.165, 1.54) is 6.42 Å². The highest BCUT2D eigenvalue weighted by Gasteiger charge is 2.57. The molecule has 0 spiro atoms. The first-order valence-corrected chi connectivity index (χ1v) is 16.1. The van der Waals surface area contributed by atoms with Gasteiger partial charge in [-0.1, -0.05) is 52.3 Å². The monoisotopic (exact) mass is 602 g/mol. The normalized spacial score (nSPS) is 31.9. The molecule has 1 aromatic rings. The number of nitrogens with two attached hydrogens (primary N) is 1. The van der Waals surface area contributed by atoms with Crippen LogP contribution in [-0.4, -0.2) is 78.2 Å². The van der Waals surface area contributed by atoms with Gasteiger partial charge < -0.3 is 31.3 Å². The number of methoxy groups -OCH3 is 1. The summed E-state index contributed by atoms with van der Waals surface area (Å²) in [5.41, 5.74) is 7.93. The van der Waals surface area contributed by atoms with E-state index in [2.05, 4.69) is 31.4 Å². The molecular formula is C33H54N4O6. The van der Waals surface area contributed by atoms with Crippen LogP contribution in [0.5, 0.6) is 5.75 Å². The number of para-hydroxylation sites is 1. The Morgan fingerprint density at radius 2 is 1.93 bits per heavy atom. The van der Waals surface area contributed by atoms with Crippen molar-refractivity contribution < 1.29 is 29.4 Å². The van der Waals surface area contributed by atoms with Crippen molar-refractivity contribution in [1.82, 2.24) is 15.7 Å². The summed E-state index contributed by atoms with van der Waals surface area (Å²) < 4.78 is 5.84. The standard InChI is InChI=1S/C33H54N4O6/c1-8-10-23(31(40)35-6)26(39)13-20-11-9-12-21(30(20)42-7)17-37-29(28(19(3)38)27(16-34)43-37)32(41)36-25-15-22-14-24(18(25)2)33(22,4)5/h9,11-12,18-19,22-29,38-39H,8,10,13-17,34H2,1-7H3,(H,35,40)(H,36,41)/t18-,19-,22+,23?,24+,25-,26?,27-,28-,29-/m0/s1. The Hall–Kier alpha value is -2.24. The summed E-state index contributed by atoms with van der Waals surface area (Å²) in [5.74, 6) is 0.739. The molecule has 2 amide bonds. The average Bonchev–Trinajstić information content (AvgIpc) is 3.35. The molecule has 2 bridgehead atoms. The van der Waals surface area contributed by atoms with E-state index < -0.39 is 36.2 Å². The second-order valence-electron chi connectivity index (χ2n) is 13.7. The van der Waals surface area contributed by atoms with Crippen LogP contribution in [-0.2, 0) is 27.4 Å². The van der Waals surface area contributed by atoms with Crippen LogP contribution in [0.1, 0.15) is 71.4 Å². The van der Waals surface area contributed by atoms with Crippen molar-refractivity contribution in [2.24, 2.45) is 40.7 Å². The third kappa shape index (κ3) is 6.59. The fourth-order valence-corrected chi connectivity index (χ4v) is 8.24. The van der Waals surface area contributed by atoms with Crippen LogP contribution in [0.15, 0.2) is 18.2 Å². The van der Waals surface area contributed by atoms with Crippen molar-refractivity contribution in [2.45, 2.75) is 104 Å². The zero-order valence-corrected chi connectivity index (χ0v) is 27.0. The van der Waals surface area contributed by atoms with Gasteiger partial charge in [0.2, 0.25) is 11.8 Å². The van der Waals surface area contributed by atoms with Gasteiger partial charge in [0.05, 0.1) is 37.9 Å². The van der Waals surface area contributed by atoms with Gasteiger partial charge in [-0.2, -0.15) is 5.06 Å². The van der Waals surface area contributed by atoms with Gasteiger partial charge in [0, 0.05) is 37.5 Å². The second kappa shape index (κ2) is 13.8. The van der Waals surface area contributed by atoms with Crippen LogP contribution in [0.2, 0.25) is 0 Å². The number of hydrogen-bond donors (Lipinski definition) is 5. The van der Waals surface area contributed by atoms with E-state index in [0.717, 1.165) is 24.0 Å². The van der Waals surface area contributed by atoms with Gasteiger partial charge in [0.25, 0.3) is 0 Å². The molecule has 5 rings (SSSR count). The minimum atomic E-state index is -0.888. The molecule has 1 aliphatic heterocycles. The Kier molecular flexibility index (Phi) is 10.8. The first-order valence-electron chi connectivity index (χ1n) is 16.1. The molecule has 0 aromatic heterocycles. The van der Waals surface area contributed by atoms with Crippen LogP contribution < -0.4 is 21.1 Å². The van der Waals surface area contributed by atoms with Gasteiger partial charge in [-0.15, -0.1) is 0 Å². The Bertz CT molecular complexity index is 1130. The highest BCUT2D eigenvalue weighted by molar-refractivity contribution is 5.83. The smallest absolute Gasteiger partial charge is 0.240 e. The SMILES string of the molecule is CCCC(C(=O)NC)C(O)Cc1cccc(CN2O[C@@H](CN)[C@H]([C@H](C)O)[C@H]2C(=O)N[C@H]2C[C@H]3C[C@H]([C@@H]2C)C3(C)C)c1OC. The minimum Gasteiger partial charge on any atom is -0.496 e. The van der Waals surface area contributed by atoms with Crippen molar-refractivity contribution in [1.29, 1.82) is 0 Å². The molecule has 1 heterocycles. The molecule has 43 heavy (non-hydrogen) atoms. The van der Waals surface area contributed by atoms with Crippen LogP contribution in [0.4, 0.5) is 0 Å². The third-order valence-electron chi connectivity index (χ3n) is 10.9. The van der Waals surface area contributed by atoms with Crippen molar-refractivity contribution in [3.8, 4) is 5.75 Å². The van der Waals surface area contributed by atoms with E-state index in [-0.39, 0.29) is 37.4 Å². The molecule has 3 aliphatic carbocycles. The lowest BCUT2D eigenvalue weighted by Gasteiger charge is -2.62. The number of hydroxylamine groups is 2. The van der Waals surface area contributed by atoms with Gasteiger partial charge in [-0.3, -0.25) is 14.4 Å². The molecule has 4 aliphatic rings. The number of carbonyl (C=O) groups excluding carboxylic acids is 2. The van der Waals surface area contributed by atoms with Gasteiger partial charge >= 0.3 is 0 Å². The molecule has 10 nitrogen and oxygen atoms in total. The number of nitrogens with one attached hydrogen (secondary N) is 2. The van der Waals surface area contributed by atoms with Crippen molar-refractivity contribution >= 4 is 11.8 Å². The van der Waals surface area contributed by atoms with E-state index in [1.807, 2.05) is 25.1 Å². The molecule has 242 valence electrons. The Morgan fingerprint density at radius 3 is 2.49 bits per heavy atom. The number of benzene rings is 1. The van der Waals surface area contributed by atoms with Gasteiger partial charge in [-0.25, -0.2) is 0 Å². The lowest BCUT2D eigenvalue weighted by molar-refractivity contribution is -0.175. The molecule has 10 atom stereocenters. The van der Waals surface area contributed by atoms with Crippen LogP contribution in [0, 0.1) is 35.0 Å². The van der Waals surface area contributed by atoms with Crippen LogP contribution in [0.3, 0.4) is 0 Å². The number of hydrogen-bond acceptors (Lipinski definition) is 8. The maximum absolute atomic E-state index is 14.0. The number of aliphatic hydroxyl groups excluding tert-OH is 2. The Morgan fingerprint density at radius 1 is 1.23 bits per heavy atom. The fraction of sp³-hybridized carbons (Fsp3) is 0.758. The average molecular weight is 603 g/mol. The predicted molar refractivity (Wildman–Crippen MR) is 165 cm³/mol. The largest absolute Gasteiger partial charge is 0.496 e. The number of nitrogens with zero attached hydrogens (tertiary/aromatic N) is 1. The molecule has 10 heteroatoms. The van der Waals surface area contributed by atoms with E-state index in [1.54, 1.807) is 26.1 Å². The zero-order chi connectivity index (χ0) is 31.6. The van der Waals surface area contributed by atoms with Crippen LogP contribution in [0.25, 0.3) is 0 Å². The molecular weight excluding hydrogens is 548 g/mol. The summed E-state index contributed by atoms with van der Waals surface area (Å²) in [6.45, 7) is 11.0. The number of ether oxygens (including phenoxy) is 1. The summed E-state index contributed by atoms with van der Waals surface area (Å²) in [7, 11) is 3.15. The first-order chi connectivity index (χ1) is 20.4. The summed E-state index contributed by atoms with van der Waals surface area (Å²) in [6.07, 6.45) is 1.53. The summed E-state index contributed by atoms with van der Waals surface area (Å²) in [5, 5.41) is 29.5. The van der Waals surface area contributed by atoms with Gasteiger partial charge in [0.15, 0.2) is 0 Å². The van der Waals surface area contributed by atoms with E-state index in [4.69, 9.17) is 15.3 Å².